The van der Waals surface area contributed by atoms with Crippen LogP contribution in [-0.4, -0.2) is 17.6 Å². The van der Waals surface area contributed by atoms with Gasteiger partial charge in [-0.25, -0.2) is 0 Å². The van der Waals surface area contributed by atoms with Crippen molar-refractivity contribution < 1.29 is 9.90 Å². The number of hydrogen-bond donors (Lipinski definition) is 2. The quantitative estimate of drug-likeness (QED) is 0.779. The van der Waals surface area contributed by atoms with Crippen LogP contribution in [0.1, 0.15) is 28.3 Å². The fourth-order valence-electron chi connectivity index (χ4n) is 1.79. The summed E-state index contributed by atoms with van der Waals surface area (Å²) in [5.74, 6) is 1.48. The van der Waals surface area contributed by atoms with E-state index >= 15 is 0 Å². The number of aliphatic carboxylic acids is 1. The van der Waals surface area contributed by atoms with Crippen LogP contribution in [0.25, 0.3) is 0 Å². The van der Waals surface area contributed by atoms with E-state index in [1.165, 1.54) is 0 Å². The SMILES string of the molecule is C#CCNC(C(=O)O)c1cc(C)c(C)cc1C. The van der Waals surface area contributed by atoms with Gasteiger partial charge in [0, 0.05) is 0 Å². The molecule has 1 atom stereocenters. The summed E-state index contributed by atoms with van der Waals surface area (Å²) < 4.78 is 0. The molecule has 0 radical (unpaired) electrons. The van der Waals surface area contributed by atoms with E-state index in [0.29, 0.717) is 0 Å². The van der Waals surface area contributed by atoms with Crippen LogP contribution in [0.15, 0.2) is 12.1 Å². The maximum Gasteiger partial charge on any atom is 0.325 e. The topological polar surface area (TPSA) is 49.3 Å². The largest absolute Gasteiger partial charge is 0.480 e. The molecule has 1 rings (SSSR count). The molecule has 1 unspecified atom stereocenters. The molecular formula is C14H17NO2. The molecule has 0 aliphatic carbocycles. The molecule has 1 aromatic carbocycles. The molecule has 0 saturated heterocycles. The fraction of sp³-hybridized carbons (Fsp3) is 0.357. The summed E-state index contributed by atoms with van der Waals surface area (Å²) >= 11 is 0. The lowest BCUT2D eigenvalue weighted by atomic mass is 9.96. The molecule has 0 spiro atoms. The first-order valence-corrected chi connectivity index (χ1v) is 5.44. The maximum absolute atomic E-state index is 11.2. The van der Waals surface area contributed by atoms with Crippen molar-refractivity contribution in [3.05, 3.63) is 34.4 Å². The molecule has 1 aromatic rings. The van der Waals surface area contributed by atoms with Gasteiger partial charge in [-0.2, -0.15) is 0 Å². The highest BCUT2D eigenvalue weighted by Crippen LogP contribution is 2.22. The first-order chi connectivity index (χ1) is 7.97. The Kier molecular flexibility index (Phi) is 4.30. The van der Waals surface area contributed by atoms with Crippen molar-refractivity contribution >= 4 is 5.97 Å². The average Bonchev–Trinajstić information content (AvgIpc) is 2.25. The van der Waals surface area contributed by atoms with Gasteiger partial charge in [-0.1, -0.05) is 18.1 Å². The van der Waals surface area contributed by atoms with Gasteiger partial charge in [0.2, 0.25) is 0 Å². The average molecular weight is 231 g/mol. The highest BCUT2D eigenvalue weighted by molar-refractivity contribution is 5.76. The first-order valence-electron chi connectivity index (χ1n) is 5.44. The third-order valence-electron chi connectivity index (χ3n) is 2.85. The van der Waals surface area contributed by atoms with Crippen molar-refractivity contribution in [3.8, 4) is 12.3 Å². The summed E-state index contributed by atoms with van der Waals surface area (Å²) in [4.78, 5) is 11.2. The van der Waals surface area contributed by atoms with Gasteiger partial charge in [-0.15, -0.1) is 6.42 Å². The van der Waals surface area contributed by atoms with Crippen LogP contribution in [0.2, 0.25) is 0 Å². The Morgan fingerprint density at radius 2 is 1.94 bits per heavy atom. The molecule has 0 aliphatic rings. The Bertz CT molecular complexity index is 472. The van der Waals surface area contributed by atoms with Crippen LogP contribution in [0, 0.1) is 33.1 Å². The van der Waals surface area contributed by atoms with Gasteiger partial charge < -0.3 is 5.11 Å². The normalized spacial score (nSPS) is 11.9. The van der Waals surface area contributed by atoms with Gasteiger partial charge in [0.05, 0.1) is 6.54 Å². The minimum absolute atomic E-state index is 0.239. The predicted octanol–water partition coefficient (Wildman–Crippen LogP) is 1.96. The van der Waals surface area contributed by atoms with E-state index in [1.54, 1.807) is 0 Å². The Hall–Kier alpha value is -1.79. The smallest absolute Gasteiger partial charge is 0.325 e. The molecule has 0 bridgehead atoms. The van der Waals surface area contributed by atoms with Crippen LogP contribution in [0.5, 0.6) is 0 Å². The van der Waals surface area contributed by atoms with Crippen molar-refractivity contribution in [2.75, 3.05) is 6.54 Å². The third-order valence-corrected chi connectivity index (χ3v) is 2.85. The van der Waals surface area contributed by atoms with E-state index in [0.717, 1.165) is 22.3 Å². The number of hydrogen-bond acceptors (Lipinski definition) is 2. The Labute approximate surface area is 102 Å². The number of carboxylic acids is 1. The molecule has 0 aliphatic heterocycles. The zero-order valence-electron chi connectivity index (χ0n) is 10.4. The zero-order valence-corrected chi connectivity index (χ0v) is 10.4. The summed E-state index contributed by atoms with van der Waals surface area (Å²) in [5.41, 5.74) is 3.98. The maximum atomic E-state index is 11.2. The van der Waals surface area contributed by atoms with Crippen molar-refractivity contribution in [2.45, 2.75) is 26.8 Å². The van der Waals surface area contributed by atoms with E-state index in [9.17, 15) is 9.90 Å². The van der Waals surface area contributed by atoms with Gasteiger partial charge in [-0.3, -0.25) is 10.1 Å². The molecule has 90 valence electrons. The summed E-state index contributed by atoms with van der Waals surface area (Å²) in [6.45, 7) is 6.13. The second-order valence-corrected chi connectivity index (χ2v) is 4.15. The number of aryl methyl sites for hydroxylation is 3. The van der Waals surface area contributed by atoms with Gasteiger partial charge in [0.1, 0.15) is 6.04 Å². The standard InChI is InChI=1S/C14H17NO2/c1-5-6-15-13(14(16)17)12-8-10(3)9(2)7-11(12)4/h1,7-8,13,15H,6H2,2-4H3,(H,16,17). The molecule has 0 heterocycles. The molecule has 2 N–H and O–H groups in total. The van der Waals surface area contributed by atoms with E-state index in [4.69, 9.17) is 6.42 Å². The van der Waals surface area contributed by atoms with Crippen LogP contribution in [0.4, 0.5) is 0 Å². The van der Waals surface area contributed by atoms with Crippen LogP contribution in [0.3, 0.4) is 0 Å². The number of rotatable bonds is 4. The minimum atomic E-state index is -0.911. The summed E-state index contributed by atoms with van der Waals surface area (Å²) in [6, 6.07) is 3.16. The van der Waals surface area contributed by atoms with E-state index in [-0.39, 0.29) is 6.54 Å². The highest BCUT2D eigenvalue weighted by atomic mass is 16.4. The highest BCUT2D eigenvalue weighted by Gasteiger charge is 2.21. The molecule has 3 nitrogen and oxygen atoms in total. The number of terminal acetylenes is 1. The molecule has 0 aromatic heterocycles. The zero-order chi connectivity index (χ0) is 13.0. The lowest BCUT2D eigenvalue weighted by Gasteiger charge is -2.17. The van der Waals surface area contributed by atoms with Crippen LogP contribution in [-0.2, 0) is 4.79 Å². The molecule has 0 fully saturated rings. The summed E-state index contributed by atoms with van der Waals surface area (Å²) in [6.07, 6.45) is 5.14. The lowest BCUT2D eigenvalue weighted by molar-refractivity contribution is -0.139. The summed E-state index contributed by atoms with van der Waals surface area (Å²) in [5, 5.41) is 12.0. The predicted molar refractivity (Wildman–Crippen MR) is 67.9 cm³/mol. The fourth-order valence-corrected chi connectivity index (χ4v) is 1.79. The molecule has 0 saturated carbocycles. The number of carbonyl (C=O) groups is 1. The lowest BCUT2D eigenvalue weighted by Crippen LogP contribution is -2.29. The monoisotopic (exact) mass is 231 g/mol. The third kappa shape index (κ3) is 3.08. The van der Waals surface area contributed by atoms with Crippen molar-refractivity contribution in [1.29, 1.82) is 0 Å². The second kappa shape index (κ2) is 5.51. The van der Waals surface area contributed by atoms with Gasteiger partial charge in [0.25, 0.3) is 0 Å². The van der Waals surface area contributed by atoms with Crippen molar-refractivity contribution in [2.24, 2.45) is 0 Å². The second-order valence-electron chi connectivity index (χ2n) is 4.15. The molecule has 17 heavy (non-hydrogen) atoms. The van der Waals surface area contributed by atoms with Crippen molar-refractivity contribution in [3.63, 3.8) is 0 Å². The van der Waals surface area contributed by atoms with Gasteiger partial charge in [-0.05, 0) is 43.0 Å². The van der Waals surface area contributed by atoms with E-state index in [1.807, 2.05) is 32.9 Å². The van der Waals surface area contributed by atoms with Gasteiger partial charge >= 0.3 is 5.97 Å². The minimum Gasteiger partial charge on any atom is -0.480 e. The molecule has 3 heteroatoms. The molecule has 0 amide bonds. The summed E-state index contributed by atoms with van der Waals surface area (Å²) in [7, 11) is 0. The van der Waals surface area contributed by atoms with E-state index in [2.05, 4.69) is 11.2 Å². The van der Waals surface area contributed by atoms with Crippen LogP contribution < -0.4 is 5.32 Å². The van der Waals surface area contributed by atoms with Gasteiger partial charge in [0.15, 0.2) is 0 Å². The Morgan fingerprint density at radius 3 is 2.47 bits per heavy atom. The first kappa shape index (κ1) is 13.3. The molecular weight excluding hydrogens is 214 g/mol. The Balaban J connectivity index is 3.15. The Morgan fingerprint density at radius 1 is 1.35 bits per heavy atom. The number of carboxylic acid groups (broad SMARTS) is 1. The number of nitrogens with one attached hydrogen (secondary N) is 1. The number of benzene rings is 1. The van der Waals surface area contributed by atoms with E-state index < -0.39 is 12.0 Å². The van der Waals surface area contributed by atoms with Crippen molar-refractivity contribution in [1.82, 2.24) is 5.32 Å². The van der Waals surface area contributed by atoms with Crippen LogP contribution >= 0.6 is 0 Å².